The van der Waals surface area contributed by atoms with Gasteiger partial charge in [-0.3, -0.25) is 14.4 Å². The first kappa shape index (κ1) is 35.0. The van der Waals surface area contributed by atoms with Gasteiger partial charge in [-0.1, -0.05) is 13.0 Å². The Labute approximate surface area is 212 Å². The first-order chi connectivity index (χ1) is 16.1. The lowest BCUT2D eigenvalue weighted by atomic mass is 9.73. The molecule has 1 aromatic rings. The number of carbonyl (C=O) groups is 3. The van der Waals surface area contributed by atoms with Crippen molar-refractivity contribution in [3.05, 3.63) is 28.8 Å². The number of rotatable bonds is 10. The van der Waals surface area contributed by atoms with Crippen LogP contribution in [-0.2, 0) is 16.0 Å². The van der Waals surface area contributed by atoms with Crippen LogP contribution in [0.15, 0.2) is 12.1 Å². The maximum absolute atomic E-state index is 12.6. The van der Waals surface area contributed by atoms with E-state index in [9.17, 15) is 29.7 Å². The van der Waals surface area contributed by atoms with Crippen LogP contribution in [-0.4, -0.2) is 79.0 Å². The maximum atomic E-state index is 12.6. The second kappa shape index (κ2) is 19.1. The SMILES string of the molecule is CC(=O)CC(=O)C(CO)C(CCO)CC1CC(=O)c2c(O)ccc(C)c2C1.CCNC.CNC.O.[HH].[HH]. The Balaban J connectivity index is -0.000000487. The van der Waals surface area contributed by atoms with E-state index in [0.717, 1.165) is 17.7 Å². The molecule has 0 spiro atoms. The average Bonchev–Trinajstić information content (AvgIpc) is 2.77. The summed E-state index contributed by atoms with van der Waals surface area (Å²) in [5, 5.41) is 34.8. The second-order valence-electron chi connectivity index (χ2n) is 8.80. The van der Waals surface area contributed by atoms with E-state index in [0.29, 0.717) is 24.8 Å². The number of hydrogen-bond acceptors (Lipinski definition) is 8. The highest BCUT2D eigenvalue weighted by atomic mass is 16.3. The summed E-state index contributed by atoms with van der Waals surface area (Å²) in [5.74, 6) is -1.77. The van der Waals surface area contributed by atoms with E-state index in [4.69, 9.17) is 0 Å². The number of phenols is 1. The van der Waals surface area contributed by atoms with Gasteiger partial charge in [0, 0.05) is 21.8 Å². The van der Waals surface area contributed by atoms with Crippen LogP contribution in [0, 0.1) is 24.7 Å². The van der Waals surface area contributed by atoms with Crippen LogP contribution in [0.25, 0.3) is 0 Å². The van der Waals surface area contributed by atoms with Crippen molar-refractivity contribution in [1.29, 1.82) is 0 Å². The summed E-state index contributed by atoms with van der Waals surface area (Å²) in [5.41, 5.74) is 2.15. The highest BCUT2D eigenvalue weighted by molar-refractivity contribution is 6.01. The fourth-order valence-corrected chi connectivity index (χ4v) is 4.17. The molecule has 2 rings (SSSR count). The number of phenolic OH excluding ortho intramolecular Hbond substituents is 1. The Kier molecular flexibility index (Phi) is 19.1. The van der Waals surface area contributed by atoms with Gasteiger partial charge in [0.1, 0.15) is 17.3 Å². The maximum Gasteiger partial charge on any atom is 0.167 e. The number of aliphatic hydroxyl groups excluding tert-OH is 2. The van der Waals surface area contributed by atoms with Crippen LogP contribution in [0.5, 0.6) is 5.75 Å². The minimum atomic E-state index is -0.720. The summed E-state index contributed by atoms with van der Waals surface area (Å²) in [6.07, 6.45) is 1.45. The van der Waals surface area contributed by atoms with E-state index in [1.54, 1.807) is 6.07 Å². The third-order valence-corrected chi connectivity index (χ3v) is 5.86. The molecule has 0 radical (unpaired) electrons. The predicted molar refractivity (Wildman–Crippen MR) is 142 cm³/mol. The number of aromatic hydroxyl groups is 1. The fourth-order valence-electron chi connectivity index (χ4n) is 4.17. The van der Waals surface area contributed by atoms with Crippen molar-refractivity contribution in [3.8, 4) is 5.75 Å². The molecule has 0 amide bonds. The summed E-state index contributed by atoms with van der Waals surface area (Å²) < 4.78 is 0. The zero-order valence-corrected chi connectivity index (χ0v) is 22.1. The number of ketones is 3. The van der Waals surface area contributed by atoms with Crippen LogP contribution in [0.4, 0.5) is 0 Å². The van der Waals surface area contributed by atoms with Crippen LogP contribution < -0.4 is 10.6 Å². The molecule has 0 bridgehead atoms. The third-order valence-electron chi connectivity index (χ3n) is 5.86. The highest BCUT2D eigenvalue weighted by Gasteiger charge is 2.34. The molecule has 3 unspecified atom stereocenters. The second-order valence-corrected chi connectivity index (χ2v) is 8.80. The molecule has 0 aromatic heterocycles. The number of aryl methyl sites for hydroxylation is 1. The summed E-state index contributed by atoms with van der Waals surface area (Å²) in [4.78, 5) is 36.2. The molecule has 206 valence electrons. The molecule has 0 heterocycles. The Bertz CT molecular complexity index is 792. The first-order valence-corrected chi connectivity index (χ1v) is 11.9. The van der Waals surface area contributed by atoms with E-state index in [1.165, 1.54) is 13.0 Å². The van der Waals surface area contributed by atoms with Crippen molar-refractivity contribution in [1.82, 2.24) is 10.6 Å². The van der Waals surface area contributed by atoms with Crippen molar-refractivity contribution in [3.63, 3.8) is 0 Å². The molecule has 0 saturated carbocycles. The Morgan fingerprint density at radius 2 is 1.74 bits per heavy atom. The van der Waals surface area contributed by atoms with Crippen LogP contribution in [0.3, 0.4) is 0 Å². The quantitative estimate of drug-likeness (QED) is 0.301. The van der Waals surface area contributed by atoms with Gasteiger partial charge in [-0.15, -0.1) is 0 Å². The topological polar surface area (TPSA) is 167 Å². The largest absolute Gasteiger partial charge is 0.507 e. The van der Waals surface area contributed by atoms with Gasteiger partial charge in [0.15, 0.2) is 5.78 Å². The van der Waals surface area contributed by atoms with Gasteiger partial charge in [-0.2, -0.15) is 0 Å². The van der Waals surface area contributed by atoms with E-state index in [1.807, 2.05) is 28.1 Å². The minimum Gasteiger partial charge on any atom is -0.507 e. The average molecular weight is 503 g/mol. The molecule has 1 aliphatic carbocycles. The van der Waals surface area contributed by atoms with Crippen LogP contribution >= 0.6 is 0 Å². The Morgan fingerprint density at radius 3 is 2.20 bits per heavy atom. The lowest BCUT2D eigenvalue weighted by Crippen LogP contribution is -2.32. The number of hydrogen-bond donors (Lipinski definition) is 5. The fraction of sp³-hybridized carbons (Fsp3) is 0.654. The van der Waals surface area contributed by atoms with Gasteiger partial charge in [0.25, 0.3) is 0 Å². The molecule has 35 heavy (non-hydrogen) atoms. The molecule has 7 N–H and O–H groups in total. The predicted octanol–water partition coefficient (Wildman–Crippen LogP) is 1.72. The molecule has 3 atom stereocenters. The number of nitrogens with one attached hydrogen (secondary N) is 2. The first-order valence-electron chi connectivity index (χ1n) is 11.9. The molecular weight excluding hydrogens is 452 g/mol. The molecule has 9 heteroatoms. The van der Waals surface area contributed by atoms with Crippen molar-refractivity contribution >= 4 is 17.3 Å². The van der Waals surface area contributed by atoms with Gasteiger partial charge in [0.2, 0.25) is 0 Å². The smallest absolute Gasteiger partial charge is 0.167 e. The summed E-state index contributed by atoms with van der Waals surface area (Å²) in [7, 11) is 5.68. The number of aliphatic hydroxyl groups is 2. The third kappa shape index (κ3) is 11.9. The number of carbonyl (C=O) groups excluding carboxylic acids is 3. The molecule has 9 nitrogen and oxygen atoms in total. The number of Topliss-reactive ketones (excluding diaryl/α,β-unsaturated/α-hetero) is 3. The molecular formula is C26H50N2O7. The van der Waals surface area contributed by atoms with Crippen molar-refractivity contribution < 1.29 is 38.0 Å². The van der Waals surface area contributed by atoms with Crippen molar-refractivity contribution in [2.24, 2.45) is 17.8 Å². The van der Waals surface area contributed by atoms with E-state index in [2.05, 4.69) is 17.6 Å². The molecule has 0 fully saturated rings. The standard InChI is InChI=1S/C21H28O6.C3H9N.C2H7N.H2O.2H2/c1-12-3-4-18(25)21-16(12)9-14(10-20(21)27)8-15(5-6-22)17(11-23)19(26)7-13(2)24;1-3-4-2;1-3-2;;;/h3-4,14-15,17,22-23,25H,5-11H2,1-2H3;4H,3H2,1-2H3;3H,1-2H3;1H2;2*1H. The molecule has 1 aliphatic rings. The summed E-state index contributed by atoms with van der Waals surface area (Å²) in [6, 6.07) is 3.31. The lowest BCUT2D eigenvalue weighted by molar-refractivity contribution is -0.131. The number of fused-ring (bicyclic) bond motifs is 1. The van der Waals surface area contributed by atoms with Crippen molar-refractivity contribution in [2.45, 2.75) is 52.9 Å². The zero-order chi connectivity index (χ0) is 26.3. The van der Waals surface area contributed by atoms with E-state index >= 15 is 0 Å². The van der Waals surface area contributed by atoms with Gasteiger partial charge in [0.05, 0.1) is 18.6 Å². The molecule has 1 aromatic carbocycles. The summed E-state index contributed by atoms with van der Waals surface area (Å²) in [6.45, 7) is 5.85. The minimum absolute atomic E-state index is 0. The van der Waals surface area contributed by atoms with Gasteiger partial charge in [-0.25, -0.2) is 0 Å². The summed E-state index contributed by atoms with van der Waals surface area (Å²) >= 11 is 0. The molecule has 0 saturated heterocycles. The van der Waals surface area contributed by atoms with E-state index in [-0.39, 0.29) is 69.3 Å². The zero-order valence-electron chi connectivity index (χ0n) is 22.1. The van der Waals surface area contributed by atoms with Gasteiger partial charge in [-0.05, 0) is 89.8 Å². The number of benzene rings is 1. The highest BCUT2D eigenvalue weighted by Crippen LogP contribution is 2.37. The normalized spacial score (nSPS) is 15.8. The Hall–Kier alpha value is -2.17. The van der Waals surface area contributed by atoms with Gasteiger partial charge >= 0.3 is 0 Å². The van der Waals surface area contributed by atoms with Crippen LogP contribution in [0.2, 0.25) is 0 Å². The van der Waals surface area contributed by atoms with Crippen molar-refractivity contribution in [2.75, 3.05) is 40.9 Å². The molecule has 0 aliphatic heterocycles. The lowest BCUT2D eigenvalue weighted by Gasteiger charge is -2.31. The van der Waals surface area contributed by atoms with E-state index < -0.39 is 5.92 Å². The Morgan fingerprint density at radius 1 is 1.17 bits per heavy atom. The van der Waals surface area contributed by atoms with Gasteiger partial charge < -0.3 is 31.4 Å². The monoisotopic (exact) mass is 502 g/mol. The van der Waals surface area contributed by atoms with Crippen LogP contribution in [0.1, 0.15) is 63.9 Å².